The van der Waals surface area contributed by atoms with Gasteiger partial charge in [0.25, 0.3) is 0 Å². The summed E-state index contributed by atoms with van der Waals surface area (Å²) in [6, 6.07) is 14.5. The van der Waals surface area contributed by atoms with Gasteiger partial charge in [0, 0.05) is 10.2 Å². The van der Waals surface area contributed by atoms with Crippen molar-refractivity contribution in [2.75, 3.05) is 0 Å². The van der Waals surface area contributed by atoms with Gasteiger partial charge in [0.15, 0.2) is 0 Å². The molecule has 0 aliphatic rings. The summed E-state index contributed by atoms with van der Waals surface area (Å²) in [5, 5.41) is -0.150. The average Bonchev–Trinajstić information content (AvgIpc) is 2.78. The number of hydrogen-bond donors (Lipinski definition) is 0. The summed E-state index contributed by atoms with van der Waals surface area (Å²) in [5.74, 6) is 0.864. The molecule has 1 heterocycles. The third-order valence-electron chi connectivity index (χ3n) is 3.29. The fraction of sp³-hybridized carbons (Fsp3) is 0.188. The highest BCUT2D eigenvalue weighted by Crippen LogP contribution is 2.29. The van der Waals surface area contributed by atoms with Crippen LogP contribution in [0.3, 0.4) is 0 Å². The smallest absolute Gasteiger partial charge is 0.132 e. The minimum atomic E-state index is -0.150. The maximum Gasteiger partial charge on any atom is 0.132 e. The molecule has 1 unspecified atom stereocenters. The highest BCUT2D eigenvalue weighted by atomic mass is 79.9. The van der Waals surface area contributed by atoms with E-state index in [1.54, 1.807) is 0 Å². The van der Waals surface area contributed by atoms with Gasteiger partial charge in [-0.1, -0.05) is 33.6 Å². The summed E-state index contributed by atoms with van der Waals surface area (Å²) in [5.41, 5.74) is 4.34. The summed E-state index contributed by atoms with van der Waals surface area (Å²) in [6.07, 6.45) is 0. The van der Waals surface area contributed by atoms with Crippen LogP contribution in [-0.4, -0.2) is 9.55 Å². The van der Waals surface area contributed by atoms with E-state index in [9.17, 15) is 0 Å². The number of halogens is 2. The Morgan fingerprint density at radius 2 is 1.85 bits per heavy atom. The van der Waals surface area contributed by atoms with Crippen molar-refractivity contribution >= 4 is 38.6 Å². The lowest BCUT2D eigenvalue weighted by molar-refractivity contribution is 0.882. The first-order chi connectivity index (χ1) is 9.56. The van der Waals surface area contributed by atoms with E-state index in [0.29, 0.717) is 0 Å². The Hall–Kier alpha value is -1.32. The second-order valence-electron chi connectivity index (χ2n) is 4.89. The Morgan fingerprint density at radius 1 is 1.15 bits per heavy atom. The first kappa shape index (κ1) is 13.7. The molecule has 0 radical (unpaired) electrons. The third kappa shape index (κ3) is 2.36. The van der Waals surface area contributed by atoms with Crippen molar-refractivity contribution in [3.05, 3.63) is 58.3 Å². The van der Waals surface area contributed by atoms with Crippen molar-refractivity contribution in [1.82, 2.24) is 9.55 Å². The zero-order valence-electron chi connectivity index (χ0n) is 11.3. The molecule has 0 fully saturated rings. The Balaban J connectivity index is 2.31. The van der Waals surface area contributed by atoms with Gasteiger partial charge in [-0.3, -0.25) is 4.57 Å². The van der Waals surface area contributed by atoms with Crippen LogP contribution in [0.4, 0.5) is 0 Å². The monoisotopic (exact) mass is 348 g/mol. The van der Waals surface area contributed by atoms with Crippen LogP contribution in [0.1, 0.15) is 23.7 Å². The summed E-state index contributed by atoms with van der Waals surface area (Å²) in [4.78, 5) is 4.67. The van der Waals surface area contributed by atoms with Gasteiger partial charge in [-0.25, -0.2) is 4.98 Å². The summed E-state index contributed by atoms with van der Waals surface area (Å²) < 4.78 is 3.14. The maximum atomic E-state index is 6.31. The number of aryl methyl sites for hydroxylation is 1. The number of benzene rings is 2. The normalized spacial score (nSPS) is 12.8. The van der Waals surface area contributed by atoms with Crippen LogP contribution in [0.15, 0.2) is 46.9 Å². The van der Waals surface area contributed by atoms with Crippen molar-refractivity contribution in [2.45, 2.75) is 19.2 Å². The molecule has 4 heteroatoms. The molecule has 1 aromatic heterocycles. The quantitative estimate of drug-likeness (QED) is 0.567. The lowest BCUT2D eigenvalue weighted by atomic mass is 10.2. The third-order valence-corrected chi connectivity index (χ3v) is 3.98. The van der Waals surface area contributed by atoms with Crippen LogP contribution in [-0.2, 0) is 0 Å². The van der Waals surface area contributed by atoms with Crippen molar-refractivity contribution in [2.24, 2.45) is 0 Å². The SMILES string of the molecule is Cc1ccc(-n2c(C(C)Cl)nc3cc(Br)ccc32)cc1. The molecule has 0 saturated carbocycles. The van der Waals surface area contributed by atoms with Gasteiger partial charge in [-0.05, 0) is 44.2 Å². The summed E-state index contributed by atoms with van der Waals surface area (Å²) in [6.45, 7) is 4.03. The molecule has 1 atom stereocenters. The van der Waals surface area contributed by atoms with Crippen LogP contribution in [0, 0.1) is 6.92 Å². The zero-order chi connectivity index (χ0) is 14.3. The minimum absolute atomic E-state index is 0.150. The molecule has 0 aliphatic carbocycles. The lowest BCUT2D eigenvalue weighted by Crippen LogP contribution is -2.01. The number of aromatic nitrogens is 2. The largest absolute Gasteiger partial charge is 0.295 e. The number of rotatable bonds is 2. The molecule has 0 N–H and O–H groups in total. The van der Waals surface area contributed by atoms with Crippen LogP contribution in [0.2, 0.25) is 0 Å². The minimum Gasteiger partial charge on any atom is -0.295 e. The first-order valence-corrected chi connectivity index (χ1v) is 7.68. The Bertz CT molecular complexity index is 760. The molecule has 102 valence electrons. The fourth-order valence-electron chi connectivity index (χ4n) is 2.30. The predicted molar refractivity (Wildman–Crippen MR) is 87.8 cm³/mol. The second kappa shape index (κ2) is 5.23. The molecule has 0 aliphatic heterocycles. The topological polar surface area (TPSA) is 17.8 Å². The molecular weight excluding hydrogens is 336 g/mol. The van der Waals surface area contributed by atoms with E-state index in [0.717, 1.165) is 27.0 Å². The second-order valence-corrected chi connectivity index (χ2v) is 6.46. The van der Waals surface area contributed by atoms with Crippen molar-refractivity contribution < 1.29 is 0 Å². The molecule has 3 aromatic rings. The van der Waals surface area contributed by atoms with E-state index in [-0.39, 0.29) is 5.38 Å². The number of nitrogens with zero attached hydrogens (tertiary/aromatic N) is 2. The van der Waals surface area contributed by atoms with Gasteiger partial charge in [0.05, 0.1) is 16.4 Å². The molecule has 3 rings (SSSR count). The van der Waals surface area contributed by atoms with E-state index in [1.807, 2.05) is 19.1 Å². The van der Waals surface area contributed by atoms with Gasteiger partial charge < -0.3 is 0 Å². The molecule has 0 amide bonds. The Kier molecular flexibility index (Phi) is 3.57. The number of hydrogen-bond acceptors (Lipinski definition) is 1. The highest BCUT2D eigenvalue weighted by molar-refractivity contribution is 9.10. The molecular formula is C16H14BrClN2. The van der Waals surface area contributed by atoms with Gasteiger partial charge in [0.2, 0.25) is 0 Å². The molecule has 0 spiro atoms. The molecule has 20 heavy (non-hydrogen) atoms. The highest BCUT2D eigenvalue weighted by Gasteiger charge is 2.16. The van der Waals surface area contributed by atoms with Gasteiger partial charge >= 0.3 is 0 Å². The maximum absolute atomic E-state index is 6.31. The fourth-order valence-corrected chi connectivity index (χ4v) is 2.80. The van der Waals surface area contributed by atoms with Gasteiger partial charge in [-0.15, -0.1) is 11.6 Å². The molecule has 2 nitrogen and oxygen atoms in total. The number of fused-ring (bicyclic) bond motifs is 1. The summed E-state index contributed by atoms with van der Waals surface area (Å²) >= 11 is 9.79. The number of alkyl halides is 1. The van der Waals surface area contributed by atoms with E-state index in [2.05, 4.69) is 62.7 Å². The van der Waals surface area contributed by atoms with Crippen LogP contribution in [0.5, 0.6) is 0 Å². The van der Waals surface area contributed by atoms with E-state index in [4.69, 9.17) is 11.6 Å². The van der Waals surface area contributed by atoms with Gasteiger partial charge in [-0.2, -0.15) is 0 Å². The average molecular weight is 350 g/mol. The molecule has 2 aromatic carbocycles. The van der Waals surface area contributed by atoms with Crippen LogP contribution in [0.25, 0.3) is 16.7 Å². The van der Waals surface area contributed by atoms with Crippen LogP contribution < -0.4 is 0 Å². The standard InChI is InChI=1S/C16H14BrClN2/c1-10-3-6-13(7-4-10)20-15-8-5-12(17)9-14(15)19-16(20)11(2)18/h3-9,11H,1-2H3. The lowest BCUT2D eigenvalue weighted by Gasteiger charge is -2.10. The van der Waals surface area contributed by atoms with Crippen molar-refractivity contribution in [3.63, 3.8) is 0 Å². The molecule has 0 saturated heterocycles. The van der Waals surface area contributed by atoms with E-state index >= 15 is 0 Å². The Labute approximate surface area is 131 Å². The zero-order valence-corrected chi connectivity index (χ0v) is 13.6. The van der Waals surface area contributed by atoms with E-state index < -0.39 is 0 Å². The van der Waals surface area contributed by atoms with Gasteiger partial charge in [0.1, 0.15) is 5.82 Å². The molecule has 0 bridgehead atoms. The number of imidazole rings is 1. The summed E-state index contributed by atoms with van der Waals surface area (Å²) in [7, 11) is 0. The van der Waals surface area contributed by atoms with Crippen molar-refractivity contribution in [1.29, 1.82) is 0 Å². The Morgan fingerprint density at radius 3 is 2.50 bits per heavy atom. The predicted octanol–water partition coefficient (Wildman–Crippen LogP) is 5.40. The first-order valence-electron chi connectivity index (χ1n) is 6.45. The van der Waals surface area contributed by atoms with Crippen molar-refractivity contribution in [3.8, 4) is 5.69 Å². The van der Waals surface area contributed by atoms with Crippen LogP contribution >= 0.6 is 27.5 Å². The van der Waals surface area contributed by atoms with E-state index in [1.165, 1.54) is 5.56 Å².